The van der Waals surface area contributed by atoms with Gasteiger partial charge in [0.1, 0.15) is 5.75 Å². The van der Waals surface area contributed by atoms with E-state index in [-0.39, 0.29) is 11.8 Å². The summed E-state index contributed by atoms with van der Waals surface area (Å²) in [6.45, 7) is 1.69. The predicted molar refractivity (Wildman–Crippen MR) is 76.4 cm³/mol. The molecule has 1 fully saturated rings. The van der Waals surface area contributed by atoms with Gasteiger partial charge in [-0.2, -0.15) is 0 Å². The smallest absolute Gasteiger partial charge is 0.222 e. The van der Waals surface area contributed by atoms with Gasteiger partial charge in [-0.1, -0.05) is 0 Å². The quantitative estimate of drug-likeness (QED) is 0.805. The summed E-state index contributed by atoms with van der Waals surface area (Å²) in [4.78, 5) is 13.8. The van der Waals surface area contributed by atoms with Gasteiger partial charge in [0.05, 0.1) is 18.5 Å². The Bertz CT molecular complexity index is 454. The molecular weight excluding hydrogens is 242 g/mol. The molecule has 19 heavy (non-hydrogen) atoms. The van der Waals surface area contributed by atoms with Crippen LogP contribution in [0.4, 0.5) is 11.4 Å². The third-order valence-electron chi connectivity index (χ3n) is 3.69. The van der Waals surface area contributed by atoms with Crippen molar-refractivity contribution in [3.05, 3.63) is 18.2 Å². The zero-order valence-electron chi connectivity index (χ0n) is 11.5. The van der Waals surface area contributed by atoms with E-state index in [1.54, 1.807) is 14.2 Å². The van der Waals surface area contributed by atoms with E-state index >= 15 is 0 Å². The molecule has 0 atom stereocenters. The van der Waals surface area contributed by atoms with Gasteiger partial charge < -0.3 is 20.7 Å². The molecule has 0 radical (unpaired) electrons. The second-order valence-electron chi connectivity index (χ2n) is 4.80. The zero-order valence-corrected chi connectivity index (χ0v) is 11.5. The molecule has 3 N–H and O–H groups in total. The third-order valence-corrected chi connectivity index (χ3v) is 3.69. The number of methoxy groups -OCH3 is 1. The van der Waals surface area contributed by atoms with Crippen molar-refractivity contribution in [3.8, 4) is 5.75 Å². The minimum Gasteiger partial charge on any atom is -0.497 e. The Morgan fingerprint density at radius 1 is 1.42 bits per heavy atom. The van der Waals surface area contributed by atoms with Crippen LogP contribution in [0, 0.1) is 5.92 Å². The molecule has 0 saturated carbocycles. The number of ether oxygens (including phenoxy) is 1. The number of nitrogens with one attached hydrogen (secondary N) is 1. The Balaban J connectivity index is 2.07. The molecule has 104 valence electrons. The Morgan fingerprint density at radius 2 is 2.11 bits per heavy atom. The van der Waals surface area contributed by atoms with Crippen molar-refractivity contribution in [3.63, 3.8) is 0 Å². The summed E-state index contributed by atoms with van der Waals surface area (Å²) in [6, 6.07) is 5.67. The van der Waals surface area contributed by atoms with Gasteiger partial charge in [-0.05, 0) is 25.0 Å². The highest BCUT2D eigenvalue weighted by molar-refractivity contribution is 5.79. The molecular formula is C14H21N3O2. The van der Waals surface area contributed by atoms with E-state index < -0.39 is 0 Å². The van der Waals surface area contributed by atoms with Gasteiger partial charge in [0.15, 0.2) is 0 Å². The number of benzene rings is 1. The number of piperidine rings is 1. The number of anilines is 2. The van der Waals surface area contributed by atoms with E-state index in [1.165, 1.54) is 0 Å². The molecule has 1 saturated heterocycles. The van der Waals surface area contributed by atoms with Crippen molar-refractivity contribution in [1.82, 2.24) is 5.32 Å². The highest BCUT2D eigenvalue weighted by atomic mass is 16.5. The highest BCUT2D eigenvalue weighted by Gasteiger charge is 2.25. The molecule has 0 spiro atoms. The molecule has 2 rings (SSSR count). The van der Waals surface area contributed by atoms with Crippen LogP contribution >= 0.6 is 0 Å². The molecule has 0 bridgehead atoms. The molecule has 1 heterocycles. The van der Waals surface area contributed by atoms with Crippen LogP contribution in [-0.4, -0.2) is 33.2 Å². The Hall–Kier alpha value is -1.91. The van der Waals surface area contributed by atoms with E-state index in [2.05, 4.69) is 10.2 Å². The lowest BCUT2D eigenvalue weighted by atomic mass is 9.95. The average Bonchev–Trinajstić information content (AvgIpc) is 2.47. The van der Waals surface area contributed by atoms with Crippen LogP contribution in [0.2, 0.25) is 0 Å². The maximum absolute atomic E-state index is 11.6. The predicted octanol–water partition coefficient (Wildman–Crippen LogP) is 1.24. The summed E-state index contributed by atoms with van der Waals surface area (Å²) in [7, 11) is 3.34. The normalized spacial score (nSPS) is 16.2. The van der Waals surface area contributed by atoms with Crippen molar-refractivity contribution < 1.29 is 9.53 Å². The van der Waals surface area contributed by atoms with Gasteiger partial charge in [0, 0.05) is 32.1 Å². The number of hydrogen-bond donors (Lipinski definition) is 2. The summed E-state index contributed by atoms with van der Waals surface area (Å²) in [5, 5.41) is 2.72. The number of carbonyl (C=O) groups is 1. The van der Waals surface area contributed by atoms with Gasteiger partial charge in [-0.25, -0.2) is 0 Å². The van der Waals surface area contributed by atoms with Gasteiger partial charge in [-0.15, -0.1) is 0 Å². The Morgan fingerprint density at radius 3 is 2.68 bits per heavy atom. The fourth-order valence-corrected chi connectivity index (χ4v) is 2.51. The van der Waals surface area contributed by atoms with E-state index in [4.69, 9.17) is 10.5 Å². The molecule has 0 aliphatic carbocycles. The molecule has 1 aromatic carbocycles. The van der Waals surface area contributed by atoms with E-state index in [9.17, 15) is 4.79 Å². The number of amides is 1. The first-order valence-corrected chi connectivity index (χ1v) is 6.55. The maximum atomic E-state index is 11.6. The average molecular weight is 263 g/mol. The van der Waals surface area contributed by atoms with E-state index in [1.807, 2.05) is 18.2 Å². The standard InChI is InChI=1S/C14H21N3O2/c1-16-14(18)10-5-7-17(8-6-10)13-9-11(19-2)3-4-12(13)15/h3-4,9-10H,5-8,15H2,1-2H3,(H,16,18). The van der Waals surface area contributed by atoms with Gasteiger partial charge in [0.2, 0.25) is 5.91 Å². The van der Waals surface area contributed by atoms with E-state index in [0.717, 1.165) is 43.1 Å². The lowest BCUT2D eigenvalue weighted by Crippen LogP contribution is -2.39. The molecule has 1 aliphatic rings. The van der Waals surface area contributed by atoms with Gasteiger partial charge >= 0.3 is 0 Å². The minimum absolute atomic E-state index is 0.119. The highest BCUT2D eigenvalue weighted by Crippen LogP contribution is 2.31. The third kappa shape index (κ3) is 2.92. The number of carbonyl (C=O) groups excluding carboxylic acids is 1. The maximum Gasteiger partial charge on any atom is 0.222 e. The lowest BCUT2D eigenvalue weighted by molar-refractivity contribution is -0.125. The van der Waals surface area contributed by atoms with Crippen LogP contribution in [0.25, 0.3) is 0 Å². The van der Waals surface area contributed by atoms with Gasteiger partial charge in [0.25, 0.3) is 0 Å². The first-order valence-electron chi connectivity index (χ1n) is 6.55. The van der Waals surface area contributed by atoms with Crippen LogP contribution in [0.1, 0.15) is 12.8 Å². The topological polar surface area (TPSA) is 67.6 Å². The summed E-state index contributed by atoms with van der Waals surface area (Å²) in [6.07, 6.45) is 1.71. The number of nitrogens with two attached hydrogens (primary N) is 1. The lowest BCUT2D eigenvalue weighted by Gasteiger charge is -2.33. The zero-order chi connectivity index (χ0) is 13.8. The molecule has 0 unspecified atom stereocenters. The second kappa shape index (κ2) is 5.82. The summed E-state index contributed by atoms with van der Waals surface area (Å²) >= 11 is 0. The fraction of sp³-hybridized carbons (Fsp3) is 0.500. The monoisotopic (exact) mass is 263 g/mol. The van der Waals surface area contributed by atoms with Crippen molar-refractivity contribution >= 4 is 17.3 Å². The van der Waals surface area contributed by atoms with Crippen molar-refractivity contribution in [2.75, 3.05) is 37.9 Å². The fourth-order valence-electron chi connectivity index (χ4n) is 2.51. The van der Waals surface area contributed by atoms with Crippen molar-refractivity contribution in [2.45, 2.75) is 12.8 Å². The first kappa shape index (κ1) is 13.5. The number of nitrogen functional groups attached to an aromatic ring is 1. The number of nitrogens with zero attached hydrogens (tertiary/aromatic N) is 1. The van der Waals surface area contributed by atoms with Crippen molar-refractivity contribution in [2.24, 2.45) is 5.92 Å². The van der Waals surface area contributed by atoms with Crippen LogP contribution in [0.5, 0.6) is 5.75 Å². The molecule has 0 aromatic heterocycles. The minimum atomic E-state index is 0.119. The summed E-state index contributed by atoms with van der Waals surface area (Å²) < 4.78 is 5.23. The van der Waals surface area contributed by atoms with Gasteiger partial charge in [-0.3, -0.25) is 4.79 Å². The molecule has 1 amide bonds. The molecule has 1 aliphatic heterocycles. The van der Waals surface area contributed by atoms with E-state index in [0.29, 0.717) is 0 Å². The summed E-state index contributed by atoms with van der Waals surface area (Å²) in [5.41, 5.74) is 7.76. The summed E-state index contributed by atoms with van der Waals surface area (Å²) in [5.74, 6) is 1.06. The molecule has 5 nitrogen and oxygen atoms in total. The Kier molecular flexibility index (Phi) is 4.14. The van der Waals surface area contributed by atoms with Crippen LogP contribution in [-0.2, 0) is 4.79 Å². The largest absolute Gasteiger partial charge is 0.497 e. The van der Waals surface area contributed by atoms with Crippen LogP contribution in [0.3, 0.4) is 0 Å². The second-order valence-corrected chi connectivity index (χ2v) is 4.80. The molecule has 1 aromatic rings. The SMILES string of the molecule is CNC(=O)C1CCN(c2cc(OC)ccc2N)CC1. The molecule has 5 heteroatoms. The Labute approximate surface area is 113 Å². The van der Waals surface area contributed by atoms with Crippen molar-refractivity contribution in [1.29, 1.82) is 0 Å². The van der Waals surface area contributed by atoms with Crippen LogP contribution in [0.15, 0.2) is 18.2 Å². The van der Waals surface area contributed by atoms with Crippen LogP contribution < -0.4 is 20.7 Å². The number of hydrogen-bond acceptors (Lipinski definition) is 4. The first-order chi connectivity index (χ1) is 9.15. The number of rotatable bonds is 3.